The second kappa shape index (κ2) is 5.14. The van der Waals surface area contributed by atoms with Gasteiger partial charge in [-0.3, -0.25) is 10.1 Å². The second-order valence-corrected chi connectivity index (χ2v) is 7.80. The molecule has 1 aromatic carbocycles. The molecule has 0 saturated carbocycles. The summed E-state index contributed by atoms with van der Waals surface area (Å²) in [5.74, 6) is 0.348. The Hall–Kier alpha value is -1.47. The first-order chi connectivity index (χ1) is 9.21. The zero-order chi connectivity index (χ0) is 15.0. The number of hydrogen-bond donors (Lipinski definition) is 1. The summed E-state index contributed by atoms with van der Waals surface area (Å²) in [7, 11) is -2.95. The van der Waals surface area contributed by atoms with Crippen molar-refractivity contribution in [2.24, 2.45) is 0 Å². The van der Waals surface area contributed by atoms with Crippen molar-refractivity contribution in [1.82, 2.24) is 5.32 Å². The van der Waals surface area contributed by atoms with Crippen LogP contribution in [0.3, 0.4) is 0 Å². The van der Waals surface area contributed by atoms with E-state index in [0.29, 0.717) is 6.42 Å². The lowest BCUT2D eigenvalue weighted by Gasteiger charge is -2.28. The summed E-state index contributed by atoms with van der Waals surface area (Å²) in [6.45, 7) is 3.83. The molecule has 6 nitrogen and oxygen atoms in total. The van der Waals surface area contributed by atoms with E-state index in [1.165, 1.54) is 12.1 Å². The Balaban J connectivity index is 2.08. The predicted molar refractivity (Wildman–Crippen MR) is 76.3 cm³/mol. The first kappa shape index (κ1) is 14.9. The van der Waals surface area contributed by atoms with Crippen LogP contribution in [0.15, 0.2) is 24.3 Å². The third-order valence-electron chi connectivity index (χ3n) is 3.67. The maximum atomic E-state index is 11.6. The van der Waals surface area contributed by atoms with Crippen LogP contribution in [-0.4, -0.2) is 30.4 Å². The number of benzene rings is 1. The number of rotatable bonds is 4. The SMILES string of the molecule is CC(NC1(C)CCS(=O)(=O)C1)c1ccc([N+](=O)[O-])cc1. The van der Waals surface area contributed by atoms with Gasteiger partial charge >= 0.3 is 0 Å². The van der Waals surface area contributed by atoms with E-state index < -0.39 is 20.3 Å². The monoisotopic (exact) mass is 298 g/mol. The van der Waals surface area contributed by atoms with Crippen LogP contribution in [0.25, 0.3) is 0 Å². The van der Waals surface area contributed by atoms with Gasteiger partial charge in [-0.2, -0.15) is 0 Å². The largest absolute Gasteiger partial charge is 0.304 e. The predicted octanol–water partition coefficient (Wildman–Crippen LogP) is 1.82. The zero-order valence-corrected chi connectivity index (χ0v) is 12.3. The zero-order valence-electron chi connectivity index (χ0n) is 11.5. The first-order valence-electron chi connectivity index (χ1n) is 6.43. The molecule has 0 aliphatic carbocycles. The fourth-order valence-electron chi connectivity index (χ4n) is 2.62. The number of nitrogens with zero attached hydrogens (tertiary/aromatic N) is 1. The van der Waals surface area contributed by atoms with Gasteiger partial charge in [-0.05, 0) is 25.8 Å². The first-order valence-corrected chi connectivity index (χ1v) is 8.25. The Kier molecular flexibility index (Phi) is 3.84. The minimum absolute atomic E-state index is 0.0515. The summed E-state index contributed by atoms with van der Waals surface area (Å²) in [6.07, 6.45) is 0.590. The summed E-state index contributed by atoms with van der Waals surface area (Å²) >= 11 is 0. The van der Waals surface area contributed by atoms with Crippen molar-refractivity contribution in [1.29, 1.82) is 0 Å². The van der Waals surface area contributed by atoms with Gasteiger partial charge in [-0.1, -0.05) is 12.1 Å². The molecule has 20 heavy (non-hydrogen) atoms. The lowest BCUT2D eigenvalue weighted by atomic mass is 9.98. The molecule has 2 atom stereocenters. The summed E-state index contributed by atoms with van der Waals surface area (Å²) in [5, 5.41) is 13.9. The maximum Gasteiger partial charge on any atom is 0.269 e. The van der Waals surface area contributed by atoms with E-state index in [-0.39, 0.29) is 23.2 Å². The fourth-order valence-corrected chi connectivity index (χ4v) is 4.72. The van der Waals surface area contributed by atoms with Gasteiger partial charge in [0.05, 0.1) is 16.4 Å². The van der Waals surface area contributed by atoms with Crippen molar-refractivity contribution in [2.45, 2.75) is 31.8 Å². The lowest BCUT2D eigenvalue weighted by molar-refractivity contribution is -0.384. The molecular weight excluding hydrogens is 280 g/mol. The van der Waals surface area contributed by atoms with Crippen molar-refractivity contribution in [3.8, 4) is 0 Å². The molecule has 1 aliphatic heterocycles. The van der Waals surface area contributed by atoms with E-state index in [4.69, 9.17) is 0 Å². The number of nitrogens with one attached hydrogen (secondary N) is 1. The summed E-state index contributed by atoms with van der Waals surface area (Å²) in [4.78, 5) is 10.2. The van der Waals surface area contributed by atoms with Gasteiger partial charge in [-0.25, -0.2) is 8.42 Å². The molecular formula is C13H18N2O4S. The molecule has 1 heterocycles. The highest BCUT2D eigenvalue weighted by Gasteiger charge is 2.39. The Morgan fingerprint density at radius 2 is 1.95 bits per heavy atom. The molecule has 2 rings (SSSR count). The van der Waals surface area contributed by atoms with Crippen LogP contribution in [0, 0.1) is 10.1 Å². The molecule has 110 valence electrons. The Morgan fingerprint density at radius 3 is 2.40 bits per heavy atom. The minimum Gasteiger partial charge on any atom is -0.304 e. The molecule has 0 radical (unpaired) electrons. The molecule has 1 N–H and O–H groups in total. The lowest BCUT2D eigenvalue weighted by Crippen LogP contribution is -2.44. The normalized spacial score (nSPS) is 26.3. The molecule has 0 aromatic heterocycles. The third kappa shape index (κ3) is 3.34. The van der Waals surface area contributed by atoms with Crippen molar-refractivity contribution >= 4 is 15.5 Å². The van der Waals surface area contributed by atoms with E-state index in [9.17, 15) is 18.5 Å². The maximum absolute atomic E-state index is 11.6. The Labute approximate surface area is 118 Å². The van der Waals surface area contributed by atoms with E-state index in [2.05, 4.69) is 5.32 Å². The van der Waals surface area contributed by atoms with Crippen LogP contribution in [0.2, 0.25) is 0 Å². The second-order valence-electron chi connectivity index (χ2n) is 5.62. The number of non-ortho nitro benzene ring substituents is 1. The van der Waals surface area contributed by atoms with Gasteiger partial charge in [-0.15, -0.1) is 0 Å². The minimum atomic E-state index is -2.95. The summed E-state index contributed by atoms with van der Waals surface area (Å²) < 4.78 is 23.1. The smallest absolute Gasteiger partial charge is 0.269 e. The topological polar surface area (TPSA) is 89.3 Å². The average Bonchev–Trinajstić information content (AvgIpc) is 2.63. The molecule has 0 bridgehead atoms. The highest BCUT2D eigenvalue weighted by molar-refractivity contribution is 7.91. The van der Waals surface area contributed by atoms with Crippen LogP contribution in [0.1, 0.15) is 31.9 Å². The molecule has 1 aliphatic rings. The van der Waals surface area contributed by atoms with Gasteiger partial charge in [0.25, 0.3) is 5.69 Å². The van der Waals surface area contributed by atoms with Crippen LogP contribution in [-0.2, 0) is 9.84 Å². The average molecular weight is 298 g/mol. The van der Waals surface area contributed by atoms with Crippen LogP contribution < -0.4 is 5.32 Å². The van der Waals surface area contributed by atoms with Gasteiger partial charge in [0.1, 0.15) is 0 Å². The molecule has 0 spiro atoms. The molecule has 1 fully saturated rings. The summed E-state index contributed by atoms with van der Waals surface area (Å²) in [6, 6.07) is 6.25. The highest BCUT2D eigenvalue weighted by atomic mass is 32.2. The number of hydrogen-bond acceptors (Lipinski definition) is 5. The molecule has 7 heteroatoms. The molecule has 1 saturated heterocycles. The molecule has 0 amide bonds. The van der Waals surface area contributed by atoms with E-state index in [1.54, 1.807) is 12.1 Å². The van der Waals surface area contributed by atoms with Crippen LogP contribution in [0.5, 0.6) is 0 Å². The standard InChI is InChI=1S/C13H18N2O4S/c1-10(11-3-5-12(6-4-11)15(16)17)14-13(2)7-8-20(18,19)9-13/h3-6,10,14H,7-9H2,1-2H3. The van der Waals surface area contributed by atoms with Crippen molar-refractivity contribution in [3.05, 3.63) is 39.9 Å². The van der Waals surface area contributed by atoms with Gasteiger partial charge in [0.15, 0.2) is 9.84 Å². The number of nitro benzene ring substituents is 1. The van der Waals surface area contributed by atoms with E-state index in [1.807, 2.05) is 13.8 Å². The summed E-state index contributed by atoms with van der Waals surface area (Å²) in [5.41, 5.74) is 0.525. The Morgan fingerprint density at radius 1 is 1.35 bits per heavy atom. The third-order valence-corrected chi connectivity index (χ3v) is 5.58. The molecule has 1 aromatic rings. The number of nitro groups is 1. The number of sulfone groups is 1. The highest BCUT2D eigenvalue weighted by Crippen LogP contribution is 2.27. The van der Waals surface area contributed by atoms with E-state index in [0.717, 1.165) is 5.56 Å². The van der Waals surface area contributed by atoms with E-state index >= 15 is 0 Å². The van der Waals surface area contributed by atoms with Gasteiger partial charge in [0.2, 0.25) is 0 Å². The van der Waals surface area contributed by atoms with Crippen molar-refractivity contribution < 1.29 is 13.3 Å². The molecule has 2 unspecified atom stereocenters. The van der Waals surface area contributed by atoms with Crippen molar-refractivity contribution in [3.63, 3.8) is 0 Å². The fraction of sp³-hybridized carbons (Fsp3) is 0.538. The quantitative estimate of drug-likeness (QED) is 0.676. The van der Waals surface area contributed by atoms with Crippen molar-refractivity contribution in [2.75, 3.05) is 11.5 Å². The van der Waals surface area contributed by atoms with Gasteiger partial charge < -0.3 is 5.32 Å². The Bertz CT molecular complexity index is 612. The van der Waals surface area contributed by atoms with Crippen LogP contribution in [0.4, 0.5) is 5.69 Å². The van der Waals surface area contributed by atoms with Crippen LogP contribution >= 0.6 is 0 Å². The van der Waals surface area contributed by atoms with Gasteiger partial charge in [0, 0.05) is 23.7 Å².